The molecule has 0 radical (unpaired) electrons. The molecule has 1 aromatic heterocycles. The van der Waals surface area contributed by atoms with Crippen molar-refractivity contribution < 1.29 is 4.74 Å². The van der Waals surface area contributed by atoms with Crippen LogP contribution in [0.25, 0.3) is 10.9 Å². The van der Waals surface area contributed by atoms with Crippen LogP contribution in [0.4, 0.5) is 17.5 Å². The summed E-state index contributed by atoms with van der Waals surface area (Å²) >= 11 is 0. The molecule has 0 aliphatic heterocycles. The highest BCUT2D eigenvalue weighted by molar-refractivity contribution is 5.95. The minimum atomic E-state index is 0.578. The number of benzene rings is 3. The third-order valence-electron chi connectivity index (χ3n) is 4.85. The Hall–Kier alpha value is -3.60. The SMILES string of the molecule is COc1cccc2c(Nc3ccccc3C)nc(NCCc3ccccc3)nc12. The van der Waals surface area contributed by atoms with E-state index in [1.807, 2.05) is 42.5 Å². The fourth-order valence-electron chi connectivity index (χ4n) is 3.27. The number of nitrogens with zero attached hydrogens (tertiary/aromatic N) is 2. The molecular weight excluding hydrogens is 360 g/mol. The summed E-state index contributed by atoms with van der Waals surface area (Å²) in [5.74, 6) is 2.06. The standard InChI is InChI=1S/C24H24N4O/c1-17-9-6-7-13-20(17)26-23-19-12-8-14-21(29-2)22(19)27-24(28-23)25-16-15-18-10-4-3-5-11-18/h3-14H,15-16H2,1-2H3,(H2,25,26,27,28). The fraction of sp³-hybridized carbons (Fsp3) is 0.167. The summed E-state index contributed by atoms with van der Waals surface area (Å²) in [5.41, 5.74) is 4.23. The molecule has 4 aromatic rings. The molecule has 2 N–H and O–H groups in total. The molecule has 0 unspecified atom stereocenters. The second-order valence-electron chi connectivity index (χ2n) is 6.85. The number of rotatable bonds is 7. The molecule has 3 aromatic carbocycles. The lowest BCUT2D eigenvalue weighted by atomic mass is 10.1. The predicted octanol–water partition coefficient (Wildman–Crippen LogP) is 5.35. The molecule has 0 bridgehead atoms. The number of ether oxygens (including phenoxy) is 1. The molecule has 0 fully saturated rings. The van der Waals surface area contributed by atoms with Crippen molar-refractivity contribution in [3.63, 3.8) is 0 Å². The van der Waals surface area contributed by atoms with Gasteiger partial charge in [0.2, 0.25) is 5.95 Å². The number of fused-ring (bicyclic) bond motifs is 1. The number of para-hydroxylation sites is 2. The number of aryl methyl sites for hydroxylation is 1. The van der Waals surface area contributed by atoms with Gasteiger partial charge in [-0.25, -0.2) is 4.98 Å². The molecule has 4 rings (SSSR count). The zero-order valence-corrected chi connectivity index (χ0v) is 16.6. The summed E-state index contributed by atoms with van der Waals surface area (Å²) in [5, 5.41) is 7.75. The molecular formula is C24H24N4O. The van der Waals surface area contributed by atoms with Gasteiger partial charge in [-0.3, -0.25) is 0 Å². The third-order valence-corrected chi connectivity index (χ3v) is 4.85. The highest BCUT2D eigenvalue weighted by Gasteiger charge is 2.12. The molecule has 0 saturated heterocycles. The van der Waals surface area contributed by atoms with Gasteiger partial charge in [0, 0.05) is 17.6 Å². The van der Waals surface area contributed by atoms with Crippen LogP contribution in [0.5, 0.6) is 5.75 Å². The van der Waals surface area contributed by atoms with Crippen molar-refractivity contribution in [2.75, 3.05) is 24.3 Å². The maximum Gasteiger partial charge on any atom is 0.225 e. The molecule has 0 amide bonds. The Balaban J connectivity index is 1.66. The van der Waals surface area contributed by atoms with Gasteiger partial charge < -0.3 is 15.4 Å². The Bertz CT molecular complexity index is 1110. The third kappa shape index (κ3) is 4.29. The molecule has 5 heteroatoms. The van der Waals surface area contributed by atoms with E-state index in [-0.39, 0.29) is 0 Å². The Labute approximate surface area is 170 Å². The molecule has 146 valence electrons. The Morgan fingerprint density at radius 3 is 2.45 bits per heavy atom. The first kappa shape index (κ1) is 18.7. The van der Waals surface area contributed by atoms with Crippen molar-refractivity contribution in [3.05, 3.63) is 83.9 Å². The number of hydrogen-bond acceptors (Lipinski definition) is 5. The molecule has 0 saturated carbocycles. The molecule has 0 aliphatic carbocycles. The van der Waals surface area contributed by atoms with Crippen LogP contribution in [0.3, 0.4) is 0 Å². The van der Waals surface area contributed by atoms with E-state index >= 15 is 0 Å². The van der Waals surface area contributed by atoms with Gasteiger partial charge in [0.05, 0.1) is 7.11 Å². The maximum atomic E-state index is 5.54. The maximum absolute atomic E-state index is 5.54. The van der Waals surface area contributed by atoms with Crippen LogP contribution in [0.2, 0.25) is 0 Å². The minimum Gasteiger partial charge on any atom is -0.494 e. The number of methoxy groups -OCH3 is 1. The van der Waals surface area contributed by atoms with Crippen LogP contribution in [0.15, 0.2) is 72.8 Å². The Morgan fingerprint density at radius 1 is 0.862 bits per heavy atom. The first-order chi connectivity index (χ1) is 14.2. The van der Waals surface area contributed by atoms with Gasteiger partial charge >= 0.3 is 0 Å². The smallest absolute Gasteiger partial charge is 0.225 e. The van der Waals surface area contributed by atoms with E-state index in [1.54, 1.807) is 7.11 Å². The fourth-order valence-corrected chi connectivity index (χ4v) is 3.27. The quantitative estimate of drug-likeness (QED) is 0.450. The van der Waals surface area contributed by atoms with Gasteiger partial charge in [-0.15, -0.1) is 0 Å². The van der Waals surface area contributed by atoms with Crippen molar-refractivity contribution in [2.24, 2.45) is 0 Å². The number of hydrogen-bond donors (Lipinski definition) is 2. The summed E-state index contributed by atoms with van der Waals surface area (Å²) < 4.78 is 5.54. The average molecular weight is 384 g/mol. The summed E-state index contributed by atoms with van der Waals surface area (Å²) in [6.45, 7) is 2.82. The second-order valence-corrected chi connectivity index (χ2v) is 6.85. The van der Waals surface area contributed by atoms with Gasteiger partial charge in [-0.1, -0.05) is 54.6 Å². The second kappa shape index (κ2) is 8.61. The highest BCUT2D eigenvalue weighted by atomic mass is 16.5. The summed E-state index contributed by atoms with van der Waals surface area (Å²) in [7, 11) is 1.66. The van der Waals surface area contributed by atoms with E-state index in [2.05, 4.69) is 47.9 Å². The van der Waals surface area contributed by atoms with Crippen LogP contribution in [-0.2, 0) is 6.42 Å². The molecule has 1 heterocycles. The number of aromatic nitrogens is 2. The van der Waals surface area contributed by atoms with Crippen molar-refractivity contribution in [3.8, 4) is 5.75 Å². The molecule has 29 heavy (non-hydrogen) atoms. The molecule has 0 spiro atoms. The normalized spacial score (nSPS) is 10.7. The zero-order chi connectivity index (χ0) is 20.1. The highest BCUT2D eigenvalue weighted by Crippen LogP contribution is 2.31. The van der Waals surface area contributed by atoms with Gasteiger partial charge in [0.25, 0.3) is 0 Å². The molecule has 5 nitrogen and oxygen atoms in total. The van der Waals surface area contributed by atoms with E-state index in [0.29, 0.717) is 5.95 Å². The van der Waals surface area contributed by atoms with E-state index in [4.69, 9.17) is 14.7 Å². The summed E-state index contributed by atoms with van der Waals surface area (Å²) in [4.78, 5) is 9.47. The van der Waals surface area contributed by atoms with Crippen LogP contribution < -0.4 is 15.4 Å². The lowest BCUT2D eigenvalue weighted by Gasteiger charge is -2.14. The van der Waals surface area contributed by atoms with E-state index < -0.39 is 0 Å². The summed E-state index contributed by atoms with van der Waals surface area (Å²) in [6.07, 6.45) is 0.898. The van der Waals surface area contributed by atoms with Gasteiger partial charge in [0.1, 0.15) is 17.1 Å². The number of nitrogens with one attached hydrogen (secondary N) is 2. The Kier molecular flexibility index (Phi) is 5.56. The lowest BCUT2D eigenvalue weighted by molar-refractivity contribution is 0.419. The van der Waals surface area contributed by atoms with Crippen LogP contribution >= 0.6 is 0 Å². The predicted molar refractivity (Wildman–Crippen MR) is 119 cm³/mol. The van der Waals surface area contributed by atoms with Crippen molar-refractivity contribution >= 4 is 28.4 Å². The van der Waals surface area contributed by atoms with Crippen molar-refractivity contribution in [2.45, 2.75) is 13.3 Å². The largest absolute Gasteiger partial charge is 0.494 e. The van der Waals surface area contributed by atoms with Crippen LogP contribution in [-0.4, -0.2) is 23.6 Å². The molecule has 0 atom stereocenters. The minimum absolute atomic E-state index is 0.578. The van der Waals surface area contributed by atoms with Gasteiger partial charge in [-0.2, -0.15) is 4.98 Å². The average Bonchev–Trinajstić information content (AvgIpc) is 2.76. The first-order valence-electron chi connectivity index (χ1n) is 9.70. The lowest BCUT2D eigenvalue weighted by Crippen LogP contribution is -2.10. The zero-order valence-electron chi connectivity index (χ0n) is 16.6. The first-order valence-corrected chi connectivity index (χ1v) is 9.70. The van der Waals surface area contributed by atoms with E-state index in [9.17, 15) is 0 Å². The van der Waals surface area contributed by atoms with E-state index in [1.165, 1.54) is 5.56 Å². The van der Waals surface area contributed by atoms with Crippen LogP contribution in [0.1, 0.15) is 11.1 Å². The van der Waals surface area contributed by atoms with Crippen LogP contribution in [0, 0.1) is 6.92 Å². The van der Waals surface area contributed by atoms with Crippen molar-refractivity contribution in [1.29, 1.82) is 0 Å². The van der Waals surface area contributed by atoms with E-state index in [0.717, 1.165) is 46.7 Å². The van der Waals surface area contributed by atoms with Gasteiger partial charge in [0.15, 0.2) is 0 Å². The summed E-state index contributed by atoms with van der Waals surface area (Å²) in [6, 6.07) is 24.4. The Morgan fingerprint density at radius 2 is 1.66 bits per heavy atom. The molecule has 0 aliphatic rings. The monoisotopic (exact) mass is 384 g/mol. The van der Waals surface area contributed by atoms with Crippen molar-refractivity contribution in [1.82, 2.24) is 9.97 Å². The van der Waals surface area contributed by atoms with Gasteiger partial charge in [-0.05, 0) is 42.7 Å². The number of anilines is 3. The topological polar surface area (TPSA) is 59.1 Å².